The smallest absolute Gasteiger partial charge is 0.253 e. The fraction of sp³-hybridized carbons (Fsp3) is 0.381. The van der Waals surface area contributed by atoms with Gasteiger partial charge in [-0.3, -0.25) is 9.69 Å². The van der Waals surface area contributed by atoms with E-state index in [1.54, 1.807) is 0 Å². The summed E-state index contributed by atoms with van der Waals surface area (Å²) in [6, 6.07) is 15.9. The molecule has 0 saturated carbocycles. The number of benzene rings is 2. The molecule has 0 aromatic heterocycles. The Hall–Kier alpha value is -1.92. The number of aliphatic hydroxyl groups is 1. The minimum absolute atomic E-state index is 0.0205. The lowest BCUT2D eigenvalue weighted by Crippen LogP contribution is -2.68. The van der Waals surface area contributed by atoms with Crippen molar-refractivity contribution in [3.05, 3.63) is 64.7 Å². The van der Waals surface area contributed by atoms with E-state index in [4.69, 9.17) is 16.3 Å². The van der Waals surface area contributed by atoms with Crippen molar-refractivity contribution < 1.29 is 14.6 Å². The Morgan fingerprint density at radius 3 is 2.70 bits per heavy atom. The van der Waals surface area contributed by atoms with E-state index in [0.29, 0.717) is 13.1 Å². The number of aliphatic hydroxyl groups excluding tert-OH is 1. The summed E-state index contributed by atoms with van der Waals surface area (Å²) in [5, 5.41) is 10.8. The normalized spacial score (nSPS) is 24.1. The van der Waals surface area contributed by atoms with Gasteiger partial charge in [-0.15, -0.1) is 0 Å². The zero-order valence-electron chi connectivity index (χ0n) is 15.2. The van der Waals surface area contributed by atoms with E-state index in [9.17, 15) is 9.90 Å². The van der Waals surface area contributed by atoms with Gasteiger partial charge in [0, 0.05) is 48.9 Å². The second-order valence-corrected chi connectivity index (χ2v) is 7.51. The number of rotatable bonds is 5. The van der Waals surface area contributed by atoms with Crippen LogP contribution in [0, 0.1) is 0 Å². The van der Waals surface area contributed by atoms with Gasteiger partial charge in [0.25, 0.3) is 5.91 Å². The summed E-state index contributed by atoms with van der Waals surface area (Å²) < 4.78 is 5.07. The van der Waals surface area contributed by atoms with Gasteiger partial charge in [0.1, 0.15) is 6.61 Å². The highest BCUT2D eigenvalue weighted by Gasteiger charge is 2.53. The molecule has 5 nitrogen and oxygen atoms in total. The molecule has 1 amide bonds. The minimum Gasteiger partial charge on any atom is -0.395 e. The Labute approximate surface area is 164 Å². The van der Waals surface area contributed by atoms with Gasteiger partial charge in [-0.25, -0.2) is 0 Å². The topological polar surface area (TPSA) is 53.0 Å². The molecule has 1 saturated heterocycles. The molecule has 1 N–H and O–H groups in total. The number of carbonyl (C=O) groups is 1. The van der Waals surface area contributed by atoms with Crippen molar-refractivity contribution in [2.45, 2.75) is 24.5 Å². The fourth-order valence-electron chi connectivity index (χ4n) is 4.46. The SMILES string of the molecule is COCC(=O)N1C[C@H]2[C@@H](c3ccccc31)[C@H](CO)N2Cc1ccccc1Cl. The number of hydrogen-bond acceptors (Lipinski definition) is 4. The first kappa shape index (κ1) is 18.4. The third-order valence-electron chi connectivity index (χ3n) is 5.70. The van der Waals surface area contributed by atoms with Gasteiger partial charge < -0.3 is 14.7 Å². The fourth-order valence-corrected chi connectivity index (χ4v) is 4.66. The summed E-state index contributed by atoms with van der Waals surface area (Å²) in [6.45, 7) is 1.37. The average molecular weight is 387 g/mol. The van der Waals surface area contributed by atoms with Gasteiger partial charge in [0.2, 0.25) is 0 Å². The van der Waals surface area contributed by atoms with Crippen molar-refractivity contribution >= 4 is 23.2 Å². The van der Waals surface area contributed by atoms with Crippen LogP contribution >= 0.6 is 11.6 Å². The molecule has 6 heteroatoms. The highest BCUT2D eigenvalue weighted by atomic mass is 35.5. The molecule has 2 aromatic rings. The van der Waals surface area contributed by atoms with Crippen molar-refractivity contribution in [1.82, 2.24) is 4.90 Å². The van der Waals surface area contributed by atoms with E-state index in [1.165, 1.54) is 7.11 Å². The van der Waals surface area contributed by atoms with Crippen molar-refractivity contribution in [2.24, 2.45) is 0 Å². The van der Waals surface area contributed by atoms with Gasteiger partial charge in [0.05, 0.1) is 6.61 Å². The number of halogens is 1. The molecule has 4 rings (SSSR count). The van der Waals surface area contributed by atoms with Crippen LogP contribution in [-0.2, 0) is 16.1 Å². The Bertz CT molecular complexity index is 844. The Morgan fingerprint density at radius 2 is 1.96 bits per heavy atom. The van der Waals surface area contributed by atoms with E-state index < -0.39 is 0 Å². The lowest BCUT2D eigenvalue weighted by Gasteiger charge is -2.59. The molecule has 0 unspecified atom stereocenters. The molecule has 0 bridgehead atoms. The Kier molecular flexibility index (Phi) is 5.19. The van der Waals surface area contributed by atoms with Crippen molar-refractivity contribution in [3.63, 3.8) is 0 Å². The molecule has 142 valence electrons. The van der Waals surface area contributed by atoms with Crippen LogP contribution < -0.4 is 4.90 Å². The Morgan fingerprint density at radius 1 is 1.22 bits per heavy atom. The predicted octanol–water partition coefficient (Wildman–Crippen LogP) is 2.66. The highest BCUT2D eigenvalue weighted by molar-refractivity contribution is 6.31. The second kappa shape index (κ2) is 7.60. The molecule has 3 atom stereocenters. The van der Waals surface area contributed by atoms with Gasteiger partial charge >= 0.3 is 0 Å². The molecular formula is C21H23ClN2O3. The van der Waals surface area contributed by atoms with Crippen LogP contribution in [0.3, 0.4) is 0 Å². The first-order chi connectivity index (χ1) is 13.2. The van der Waals surface area contributed by atoms with Crippen molar-refractivity contribution in [1.29, 1.82) is 0 Å². The molecule has 27 heavy (non-hydrogen) atoms. The van der Waals surface area contributed by atoms with E-state index in [2.05, 4.69) is 11.0 Å². The number of anilines is 1. The van der Waals surface area contributed by atoms with Crippen LogP contribution in [0.4, 0.5) is 5.69 Å². The molecule has 2 aliphatic heterocycles. The number of carbonyl (C=O) groups excluding carboxylic acids is 1. The quantitative estimate of drug-likeness (QED) is 0.858. The summed E-state index contributed by atoms with van der Waals surface area (Å²) in [6.07, 6.45) is 0. The first-order valence-electron chi connectivity index (χ1n) is 9.14. The molecule has 2 heterocycles. The van der Waals surface area contributed by atoms with E-state index in [-0.39, 0.29) is 37.1 Å². The third kappa shape index (κ3) is 3.15. The Balaban J connectivity index is 1.66. The molecule has 2 aromatic carbocycles. The van der Waals surface area contributed by atoms with Crippen LogP contribution in [0.15, 0.2) is 48.5 Å². The molecule has 0 spiro atoms. The van der Waals surface area contributed by atoms with Crippen LogP contribution in [0.5, 0.6) is 0 Å². The van der Waals surface area contributed by atoms with Crippen LogP contribution in [-0.4, -0.2) is 54.9 Å². The van der Waals surface area contributed by atoms with Gasteiger partial charge in [0.15, 0.2) is 0 Å². The molecule has 2 aliphatic rings. The summed E-state index contributed by atoms with van der Waals surface area (Å²) in [4.78, 5) is 16.7. The number of methoxy groups -OCH3 is 1. The summed E-state index contributed by atoms with van der Waals surface area (Å²) in [5.74, 6) is 0.161. The summed E-state index contributed by atoms with van der Waals surface area (Å²) in [7, 11) is 1.53. The van der Waals surface area contributed by atoms with Crippen LogP contribution in [0.2, 0.25) is 5.02 Å². The lowest BCUT2D eigenvalue weighted by atomic mass is 9.71. The summed E-state index contributed by atoms with van der Waals surface area (Å²) >= 11 is 6.35. The van der Waals surface area contributed by atoms with Crippen LogP contribution in [0.25, 0.3) is 0 Å². The molecule has 0 radical (unpaired) electrons. The van der Waals surface area contributed by atoms with Crippen molar-refractivity contribution in [2.75, 3.05) is 31.8 Å². The zero-order chi connectivity index (χ0) is 19.0. The van der Waals surface area contributed by atoms with E-state index in [0.717, 1.165) is 21.8 Å². The van der Waals surface area contributed by atoms with Gasteiger partial charge in [-0.1, -0.05) is 48.0 Å². The number of para-hydroxylation sites is 1. The second-order valence-electron chi connectivity index (χ2n) is 7.10. The lowest BCUT2D eigenvalue weighted by molar-refractivity contribution is -0.123. The number of ether oxygens (including phenoxy) is 1. The van der Waals surface area contributed by atoms with E-state index in [1.807, 2.05) is 47.4 Å². The van der Waals surface area contributed by atoms with Gasteiger partial charge in [-0.05, 0) is 23.3 Å². The molecule has 1 fully saturated rings. The summed E-state index contributed by atoms with van der Waals surface area (Å²) in [5.41, 5.74) is 3.08. The van der Waals surface area contributed by atoms with Crippen molar-refractivity contribution in [3.8, 4) is 0 Å². The number of fused-ring (bicyclic) bond motifs is 3. The minimum atomic E-state index is -0.0476. The zero-order valence-corrected chi connectivity index (χ0v) is 16.0. The maximum Gasteiger partial charge on any atom is 0.253 e. The number of likely N-dealkylation sites (tertiary alicyclic amines) is 1. The average Bonchev–Trinajstić information content (AvgIpc) is 2.67. The van der Waals surface area contributed by atoms with E-state index >= 15 is 0 Å². The molecule has 0 aliphatic carbocycles. The third-order valence-corrected chi connectivity index (χ3v) is 6.07. The largest absolute Gasteiger partial charge is 0.395 e. The first-order valence-corrected chi connectivity index (χ1v) is 9.51. The van der Waals surface area contributed by atoms with Gasteiger partial charge in [-0.2, -0.15) is 0 Å². The monoisotopic (exact) mass is 386 g/mol. The maximum atomic E-state index is 12.6. The number of amides is 1. The number of nitrogens with zero attached hydrogens (tertiary/aromatic N) is 2. The predicted molar refractivity (Wildman–Crippen MR) is 105 cm³/mol. The van der Waals surface area contributed by atoms with Crippen LogP contribution in [0.1, 0.15) is 17.0 Å². The maximum absolute atomic E-state index is 12.6. The standard InChI is InChI=1S/C21H23ClN2O3/c1-27-13-20(26)24-11-18-21(15-7-3-5-9-17(15)24)19(12-25)23(18)10-14-6-2-4-8-16(14)22/h2-9,18-19,21,25H,10-13H2,1H3/t18-,19-,21+/m0/s1. The number of hydrogen-bond donors (Lipinski definition) is 1. The molecular weight excluding hydrogens is 364 g/mol. The highest BCUT2D eigenvalue weighted by Crippen LogP contribution is 2.48.